The Labute approximate surface area is 176 Å². The minimum absolute atomic E-state index is 0.0226. The van der Waals surface area contributed by atoms with E-state index in [1.54, 1.807) is 14.0 Å². The summed E-state index contributed by atoms with van der Waals surface area (Å²) in [5.74, 6) is -1.49. The summed E-state index contributed by atoms with van der Waals surface area (Å²) < 4.78 is 0. The molecule has 0 spiro atoms. The van der Waals surface area contributed by atoms with Crippen LogP contribution >= 0.6 is 0 Å². The second-order valence-corrected chi connectivity index (χ2v) is 6.01. The van der Waals surface area contributed by atoms with Crippen molar-refractivity contribution in [3.8, 4) is 0 Å². The van der Waals surface area contributed by atoms with Crippen molar-refractivity contribution >= 4 is 36.4 Å². The fraction of sp³-hybridized carbons (Fsp3) is 0.579. The van der Waals surface area contributed by atoms with Crippen molar-refractivity contribution in [1.29, 1.82) is 0 Å². The Kier molecular flexibility index (Phi) is 18.7. The highest BCUT2D eigenvalue weighted by Gasteiger charge is 2.21. The highest BCUT2D eigenvalue weighted by atomic mass is 16.4. The highest BCUT2D eigenvalue weighted by molar-refractivity contribution is 6.12. The smallest absolute Gasteiger partial charge is 0.320 e. The third kappa shape index (κ3) is 15.9. The molecule has 0 aromatic heterocycles. The van der Waals surface area contributed by atoms with E-state index in [1.807, 2.05) is 0 Å². The van der Waals surface area contributed by atoms with Gasteiger partial charge in [-0.3, -0.25) is 28.9 Å². The average Bonchev–Trinajstić information content (AvgIpc) is 3.05. The predicted octanol–water partition coefficient (Wildman–Crippen LogP) is -0.782. The number of hydrogen-bond donors (Lipinski definition) is 4. The van der Waals surface area contributed by atoms with E-state index >= 15 is 0 Å². The molecule has 1 rings (SSSR count). The molecular formula is C19H32N4O7. The Morgan fingerprint density at radius 1 is 1.17 bits per heavy atom. The lowest BCUT2D eigenvalue weighted by molar-refractivity contribution is -0.139. The van der Waals surface area contributed by atoms with E-state index in [-0.39, 0.29) is 30.8 Å². The number of aldehydes is 1. The molecule has 30 heavy (non-hydrogen) atoms. The number of hydrogen-bond acceptors (Lipinski definition) is 7. The molecule has 0 saturated carbocycles. The number of aliphatic carboxylic acids is 1. The zero-order valence-corrected chi connectivity index (χ0v) is 17.7. The highest BCUT2D eigenvalue weighted by Crippen LogP contribution is 2.01. The Morgan fingerprint density at radius 2 is 1.77 bits per heavy atom. The van der Waals surface area contributed by atoms with Gasteiger partial charge >= 0.3 is 5.97 Å². The Hall–Kier alpha value is -3.08. The van der Waals surface area contributed by atoms with Crippen LogP contribution in [0.4, 0.5) is 0 Å². The quantitative estimate of drug-likeness (QED) is 0.179. The summed E-state index contributed by atoms with van der Waals surface area (Å²) in [5, 5.41) is 15.5. The molecule has 1 heterocycles. The molecule has 4 N–H and O–H groups in total. The summed E-state index contributed by atoms with van der Waals surface area (Å²) in [4.78, 5) is 63.2. The molecule has 0 saturated heterocycles. The van der Waals surface area contributed by atoms with Gasteiger partial charge in [0.25, 0.3) is 11.8 Å². The third-order valence-electron chi connectivity index (χ3n) is 3.66. The van der Waals surface area contributed by atoms with Gasteiger partial charge in [-0.15, -0.1) is 0 Å². The van der Waals surface area contributed by atoms with E-state index in [0.29, 0.717) is 25.7 Å². The topological polar surface area (TPSA) is 162 Å². The number of imide groups is 1. The lowest BCUT2D eigenvalue weighted by Crippen LogP contribution is -2.36. The molecular weight excluding hydrogens is 396 g/mol. The Bertz CT molecular complexity index is 575. The van der Waals surface area contributed by atoms with Gasteiger partial charge in [-0.1, -0.05) is 19.8 Å². The standard InChI is InChI=1S/C8H15NO2.C7H8N2O3.C4H9NO2/c1-2-3-4-5-8(11)9-6-7-10;10-5-8-3-4-9-6(11)1-2-7(9)12;1-3(5-2)4(6)7/h7H,2-6H2,1H3,(H,9,11);1-2,5H,3-4H2,(H,8,10);3,5H,1-2H3,(H,6,7). The van der Waals surface area contributed by atoms with Crippen LogP contribution in [0.15, 0.2) is 12.2 Å². The van der Waals surface area contributed by atoms with E-state index in [4.69, 9.17) is 5.11 Å². The number of rotatable bonds is 12. The molecule has 1 unspecified atom stereocenters. The number of carbonyl (C=O) groups excluding carboxylic acids is 5. The minimum Gasteiger partial charge on any atom is -0.480 e. The first-order valence-electron chi connectivity index (χ1n) is 9.56. The van der Waals surface area contributed by atoms with E-state index in [9.17, 15) is 28.8 Å². The summed E-state index contributed by atoms with van der Waals surface area (Å²) in [7, 11) is 1.61. The van der Waals surface area contributed by atoms with Crippen molar-refractivity contribution in [2.24, 2.45) is 0 Å². The SMILES string of the molecule is CCCCCC(=O)NCC=O.CNC(C)C(=O)O.O=CNCCN1C(=O)C=CC1=O. The number of carboxylic acid groups (broad SMARTS) is 1. The van der Waals surface area contributed by atoms with Gasteiger partial charge in [0.2, 0.25) is 12.3 Å². The summed E-state index contributed by atoms with van der Waals surface area (Å²) >= 11 is 0. The Morgan fingerprint density at radius 3 is 2.17 bits per heavy atom. The minimum atomic E-state index is -0.817. The lowest BCUT2D eigenvalue weighted by atomic mass is 10.2. The van der Waals surface area contributed by atoms with Crippen molar-refractivity contribution in [3.05, 3.63) is 12.2 Å². The maximum absolute atomic E-state index is 10.9. The number of nitrogens with one attached hydrogen (secondary N) is 3. The van der Waals surface area contributed by atoms with Crippen LogP contribution in [-0.2, 0) is 28.8 Å². The zero-order valence-electron chi connectivity index (χ0n) is 17.7. The fourth-order valence-corrected chi connectivity index (χ4v) is 1.79. The van der Waals surface area contributed by atoms with Gasteiger partial charge in [0, 0.05) is 31.7 Å². The van der Waals surface area contributed by atoms with Crippen molar-refractivity contribution in [2.75, 3.05) is 26.7 Å². The second-order valence-electron chi connectivity index (χ2n) is 6.01. The molecule has 0 radical (unpaired) electrons. The van der Waals surface area contributed by atoms with Gasteiger partial charge in [0.05, 0.1) is 6.54 Å². The van der Waals surface area contributed by atoms with Crippen molar-refractivity contribution in [3.63, 3.8) is 0 Å². The van der Waals surface area contributed by atoms with Crippen molar-refractivity contribution < 1.29 is 33.9 Å². The molecule has 1 atom stereocenters. The predicted molar refractivity (Wildman–Crippen MR) is 109 cm³/mol. The fourth-order valence-electron chi connectivity index (χ4n) is 1.79. The molecule has 11 nitrogen and oxygen atoms in total. The monoisotopic (exact) mass is 428 g/mol. The van der Waals surface area contributed by atoms with Crippen LogP contribution in [0.25, 0.3) is 0 Å². The van der Waals surface area contributed by atoms with Gasteiger partial charge in [0.15, 0.2) is 0 Å². The number of carbonyl (C=O) groups is 6. The molecule has 0 fully saturated rings. The van der Waals surface area contributed by atoms with Crippen LogP contribution in [0.1, 0.15) is 39.5 Å². The number of unbranched alkanes of at least 4 members (excludes halogenated alkanes) is 2. The van der Waals surface area contributed by atoms with Crippen molar-refractivity contribution in [2.45, 2.75) is 45.6 Å². The Balaban J connectivity index is 0. The maximum atomic E-state index is 10.9. The lowest BCUT2D eigenvalue weighted by Gasteiger charge is -2.12. The molecule has 4 amide bonds. The molecule has 0 aromatic rings. The first-order valence-corrected chi connectivity index (χ1v) is 9.56. The van der Waals surface area contributed by atoms with Gasteiger partial charge in [0.1, 0.15) is 12.3 Å². The van der Waals surface area contributed by atoms with Gasteiger partial charge in [-0.05, 0) is 20.4 Å². The summed E-state index contributed by atoms with van der Waals surface area (Å²) in [6, 6.07) is -0.431. The number of nitrogens with zero attached hydrogens (tertiary/aromatic N) is 1. The van der Waals surface area contributed by atoms with Crippen LogP contribution in [0.2, 0.25) is 0 Å². The zero-order chi connectivity index (χ0) is 23.4. The van der Waals surface area contributed by atoms with Crippen LogP contribution in [-0.4, -0.2) is 79.1 Å². The third-order valence-corrected chi connectivity index (χ3v) is 3.66. The van der Waals surface area contributed by atoms with Crippen LogP contribution in [0.5, 0.6) is 0 Å². The van der Waals surface area contributed by atoms with Gasteiger partial charge in [-0.2, -0.15) is 0 Å². The largest absolute Gasteiger partial charge is 0.480 e. The first-order chi connectivity index (χ1) is 14.2. The normalized spacial score (nSPS) is 12.7. The van der Waals surface area contributed by atoms with E-state index in [1.165, 1.54) is 12.2 Å². The molecule has 11 heteroatoms. The second kappa shape index (κ2) is 19.2. The van der Waals surface area contributed by atoms with Crippen LogP contribution in [0.3, 0.4) is 0 Å². The van der Waals surface area contributed by atoms with Crippen LogP contribution in [0, 0.1) is 0 Å². The first kappa shape index (κ1) is 29.1. The maximum Gasteiger partial charge on any atom is 0.320 e. The van der Waals surface area contributed by atoms with Crippen LogP contribution < -0.4 is 16.0 Å². The summed E-state index contributed by atoms with van der Waals surface area (Å²) in [6.45, 7) is 4.34. The number of likely N-dealkylation sites (N-methyl/N-ethyl adjacent to an activating group) is 1. The van der Waals surface area contributed by atoms with Crippen molar-refractivity contribution in [1.82, 2.24) is 20.9 Å². The number of carboxylic acids is 1. The molecule has 0 aromatic carbocycles. The molecule has 0 aliphatic carbocycles. The average molecular weight is 428 g/mol. The molecule has 170 valence electrons. The van der Waals surface area contributed by atoms with E-state index in [0.717, 1.165) is 24.2 Å². The molecule has 0 bridgehead atoms. The van der Waals surface area contributed by atoms with E-state index < -0.39 is 12.0 Å². The molecule has 1 aliphatic heterocycles. The molecule has 1 aliphatic rings. The van der Waals surface area contributed by atoms with Gasteiger partial charge in [-0.25, -0.2) is 0 Å². The van der Waals surface area contributed by atoms with Gasteiger partial charge < -0.3 is 25.9 Å². The number of amides is 4. The van der Waals surface area contributed by atoms with E-state index in [2.05, 4.69) is 22.9 Å². The summed E-state index contributed by atoms with van der Waals surface area (Å²) in [6.07, 6.45) is 7.29. The summed E-state index contributed by atoms with van der Waals surface area (Å²) in [5.41, 5.74) is 0.